The largest absolute Gasteiger partial charge is 0.490 e. The zero-order valence-electron chi connectivity index (χ0n) is 20.4. The van der Waals surface area contributed by atoms with Gasteiger partial charge in [0.25, 0.3) is 0 Å². The van der Waals surface area contributed by atoms with E-state index in [9.17, 15) is 31.1 Å². The second kappa shape index (κ2) is 11.1. The molecule has 1 saturated carbocycles. The Morgan fingerprint density at radius 1 is 1.00 bits per heavy atom. The quantitative estimate of drug-likeness (QED) is 0.388. The molecule has 2 fully saturated rings. The molecule has 4 rings (SSSR count). The number of carboxylic acid groups (broad SMARTS) is 1. The second-order valence-corrected chi connectivity index (χ2v) is 10.3. The van der Waals surface area contributed by atoms with Crippen LogP contribution < -0.4 is 4.74 Å². The van der Waals surface area contributed by atoms with Crippen molar-refractivity contribution in [2.24, 2.45) is 11.8 Å². The Morgan fingerprint density at radius 3 is 2.35 bits per heavy atom. The summed E-state index contributed by atoms with van der Waals surface area (Å²) in [6.45, 7) is 2.09. The molecule has 0 amide bonds. The summed E-state index contributed by atoms with van der Waals surface area (Å²) in [7, 11) is 0. The number of hydrogen-bond acceptors (Lipinski definition) is 3. The number of carboxylic acids is 1. The van der Waals surface area contributed by atoms with Crippen molar-refractivity contribution in [3.05, 3.63) is 41.5 Å². The SMILES string of the molecule is O=C(O)CC1CCCN(CCc2ccc3ccc(OC4CCC(C(F)(F)F)CC4)c(C(F)(F)F)c3c2)C1. The standard InChI is InChI=1S/C27H31F6NO3/c28-26(29,30)20-6-8-21(9-7-20)37-23-10-5-19-4-3-17(14-22(19)25(23)27(31,32)33)11-13-34-12-1-2-18(16-34)15-24(35)36/h3-5,10,14,18,20-21H,1-2,6-9,11-13,15-16H2,(H,35,36). The number of fused-ring (bicyclic) bond motifs is 1. The van der Waals surface area contributed by atoms with Crippen LogP contribution in [-0.2, 0) is 17.4 Å². The lowest BCUT2D eigenvalue weighted by molar-refractivity contribution is -0.185. The first-order valence-electron chi connectivity index (χ1n) is 12.7. The number of ether oxygens (including phenoxy) is 1. The minimum absolute atomic E-state index is 0.00822. The fourth-order valence-corrected chi connectivity index (χ4v) is 5.64. The van der Waals surface area contributed by atoms with Crippen molar-refractivity contribution in [2.45, 2.75) is 69.8 Å². The molecule has 1 heterocycles. The summed E-state index contributed by atoms with van der Waals surface area (Å²) < 4.78 is 87.2. The van der Waals surface area contributed by atoms with E-state index in [1.54, 1.807) is 18.2 Å². The number of benzene rings is 2. The Balaban J connectivity index is 1.50. The van der Waals surface area contributed by atoms with E-state index in [2.05, 4.69) is 4.90 Å². The fourth-order valence-electron chi connectivity index (χ4n) is 5.64. The highest BCUT2D eigenvalue weighted by molar-refractivity contribution is 5.89. The van der Waals surface area contributed by atoms with Crippen LogP contribution in [0.3, 0.4) is 0 Å². The van der Waals surface area contributed by atoms with Crippen molar-refractivity contribution < 1.29 is 41.0 Å². The maximum atomic E-state index is 14.2. The van der Waals surface area contributed by atoms with Gasteiger partial charge in [0.05, 0.1) is 12.0 Å². The molecule has 1 unspecified atom stereocenters. The van der Waals surface area contributed by atoms with E-state index in [1.807, 2.05) is 0 Å². The number of nitrogens with zero attached hydrogens (tertiary/aromatic N) is 1. The monoisotopic (exact) mass is 531 g/mol. The summed E-state index contributed by atoms with van der Waals surface area (Å²) >= 11 is 0. The lowest BCUT2D eigenvalue weighted by atomic mass is 9.87. The van der Waals surface area contributed by atoms with Crippen LogP contribution in [-0.4, -0.2) is 47.9 Å². The Morgan fingerprint density at radius 2 is 1.70 bits per heavy atom. The number of hydrogen-bond donors (Lipinski definition) is 1. The normalized spacial score (nSPS) is 23.8. The van der Waals surface area contributed by atoms with Crippen molar-refractivity contribution in [1.29, 1.82) is 0 Å². The third-order valence-electron chi connectivity index (χ3n) is 7.55. The van der Waals surface area contributed by atoms with Gasteiger partial charge in [-0.05, 0) is 79.8 Å². The van der Waals surface area contributed by atoms with E-state index in [-0.39, 0.29) is 49.2 Å². The summed E-state index contributed by atoms with van der Waals surface area (Å²) in [6, 6.07) is 7.76. The highest BCUT2D eigenvalue weighted by atomic mass is 19.4. The number of likely N-dealkylation sites (tertiary alicyclic amines) is 1. The molecule has 1 aliphatic carbocycles. The fraction of sp³-hybridized carbons (Fsp3) is 0.593. The Labute approximate surface area is 211 Å². The molecule has 0 radical (unpaired) electrons. The topological polar surface area (TPSA) is 49.8 Å². The van der Waals surface area contributed by atoms with Crippen LogP contribution in [0.1, 0.15) is 56.1 Å². The molecule has 2 aromatic carbocycles. The molecule has 37 heavy (non-hydrogen) atoms. The first-order chi connectivity index (χ1) is 17.4. The van der Waals surface area contributed by atoms with Gasteiger partial charge in [0, 0.05) is 19.5 Å². The van der Waals surface area contributed by atoms with Crippen LogP contribution in [0.25, 0.3) is 10.8 Å². The van der Waals surface area contributed by atoms with Gasteiger partial charge >= 0.3 is 18.3 Å². The lowest BCUT2D eigenvalue weighted by Crippen LogP contribution is -2.37. The maximum Gasteiger partial charge on any atom is 0.420 e. The molecule has 204 valence electrons. The molecule has 1 aliphatic heterocycles. The van der Waals surface area contributed by atoms with E-state index in [0.29, 0.717) is 24.9 Å². The summed E-state index contributed by atoms with van der Waals surface area (Å²) in [5.41, 5.74) is -0.175. The van der Waals surface area contributed by atoms with Gasteiger partial charge in [0.2, 0.25) is 0 Å². The molecule has 0 aromatic heterocycles. The first-order valence-corrected chi connectivity index (χ1v) is 12.7. The van der Waals surface area contributed by atoms with Gasteiger partial charge in [-0.2, -0.15) is 26.3 Å². The highest BCUT2D eigenvalue weighted by Crippen LogP contribution is 2.44. The minimum Gasteiger partial charge on any atom is -0.490 e. The van der Waals surface area contributed by atoms with Crippen LogP contribution in [0.2, 0.25) is 0 Å². The van der Waals surface area contributed by atoms with Crippen LogP contribution in [0.4, 0.5) is 26.3 Å². The van der Waals surface area contributed by atoms with Gasteiger partial charge in [-0.25, -0.2) is 0 Å². The van der Waals surface area contributed by atoms with Crippen LogP contribution in [0.5, 0.6) is 5.75 Å². The Bertz CT molecular complexity index is 1090. The van der Waals surface area contributed by atoms with Crippen molar-refractivity contribution in [3.8, 4) is 5.75 Å². The number of alkyl halides is 6. The van der Waals surface area contributed by atoms with Gasteiger partial charge < -0.3 is 14.7 Å². The summed E-state index contributed by atoms with van der Waals surface area (Å²) in [4.78, 5) is 13.2. The molecule has 2 aliphatic rings. The minimum atomic E-state index is -4.70. The van der Waals surface area contributed by atoms with E-state index < -0.39 is 35.9 Å². The second-order valence-electron chi connectivity index (χ2n) is 10.3. The smallest absolute Gasteiger partial charge is 0.420 e. The summed E-state index contributed by atoms with van der Waals surface area (Å²) in [5.74, 6) is -2.54. The van der Waals surface area contributed by atoms with Crippen molar-refractivity contribution in [2.75, 3.05) is 19.6 Å². The van der Waals surface area contributed by atoms with Gasteiger partial charge in [-0.15, -0.1) is 0 Å². The summed E-state index contributed by atoms with van der Waals surface area (Å²) in [5, 5.41) is 9.47. The average Bonchev–Trinajstić information content (AvgIpc) is 2.81. The molecule has 1 saturated heterocycles. The van der Waals surface area contributed by atoms with Crippen molar-refractivity contribution in [1.82, 2.24) is 4.90 Å². The Hall–Kier alpha value is -2.49. The van der Waals surface area contributed by atoms with Gasteiger partial charge in [0.15, 0.2) is 0 Å². The number of rotatable bonds is 7. The zero-order valence-corrected chi connectivity index (χ0v) is 20.4. The van der Waals surface area contributed by atoms with Crippen LogP contribution in [0.15, 0.2) is 30.3 Å². The molecule has 4 nitrogen and oxygen atoms in total. The van der Waals surface area contributed by atoms with E-state index in [0.717, 1.165) is 24.9 Å². The molecular weight excluding hydrogens is 500 g/mol. The van der Waals surface area contributed by atoms with Gasteiger partial charge in [-0.1, -0.05) is 24.3 Å². The molecule has 1 atom stereocenters. The molecule has 0 bridgehead atoms. The third kappa shape index (κ3) is 7.09. The number of piperidine rings is 1. The molecule has 10 heteroatoms. The van der Waals surface area contributed by atoms with E-state index in [1.165, 1.54) is 12.1 Å². The third-order valence-corrected chi connectivity index (χ3v) is 7.55. The van der Waals surface area contributed by atoms with Crippen molar-refractivity contribution >= 4 is 16.7 Å². The predicted octanol–water partition coefficient (Wildman–Crippen LogP) is 7.09. The van der Waals surface area contributed by atoms with Gasteiger partial charge in [-0.3, -0.25) is 4.79 Å². The maximum absolute atomic E-state index is 14.2. The number of carbonyl (C=O) groups is 1. The van der Waals surface area contributed by atoms with E-state index >= 15 is 0 Å². The summed E-state index contributed by atoms with van der Waals surface area (Å²) in [6.07, 6.45) is -7.53. The molecule has 0 spiro atoms. The Kier molecular flexibility index (Phi) is 8.26. The van der Waals surface area contributed by atoms with Crippen molar-refractivity contribution in [3.63, 3.8) is 0 Å². The predicted molar refractivity (Wildman–Crippen MR) is 126 cm³/mol. The number of aliphatic carboxylic acids is 1. The van der Waals surface area contributed by atoms with Gasteiger partial charge in [0.1, 0.15) is 11.3 Å². The molecule has 1 N–H and O–H groups in total. The van der Waals surface area contributed by atoms with Crippen LogP contribution in [0, 0.1) is 11.8 Å². The zero-order chi connectivity index (χ0) is 26.8. The highest BCUT2D eigenvalue weighted by Gasteiger charge is 2.42. The lowest BCUT2D eigenvalue weighted by Gasteiger charge is -2.32. The van der Waals surface area contributed by atoms with E-state index in [4.69, 9.17) is 9.84 Å². The molecular formula is C27H31F6NO3. The number of halogens is 6. The van der Waals surface area contributed by atoms with Crippen LogP contribution >= 0.6 is 0 Å². The average molecular weight is 532 g/mol. The molecule has 2 aromatic rings. The first kappa shape index (κ1) is 27.5.